The van der Waals surface area contributed by atoms with E-state index in [1.165, 1.54) is 0 Å². The van der Waals surface area contributed by atoms with E-state index in [4.69, 9.17) is 32.7 Å². The van der Waals surface area contributed by atoms with Gasteiger partial charge in [-0.15, -0.1) is 0 Å². The Hall–Kier alpha value is -1.76. The van der Waals surface area contributed by atoms with E-state index in [2.05, 4.69) is 21.2 Å². The Labute approximate surface area is 185 Å². The number of hydrogen-bond donors (Lipinski definition) is 1. The van der Waals surface area contributed by atoms with Crippen LogP contribution in [0.3, 0.4) is 0 Å². The van der Waals surface area contributed by atoms with Crippen molar-refractivity contribution in [3.63, 3.8) is 0 Å². The molecule has 29 heavy (non-hydrogen) atoms. The highest BCUT2D eigenvalue weighted by molar-refractivity contribution is 9.09. The Bertz CT molecular complexity index is 999. The van der Waals surface area contributed by atoms with Gasteiger partial charge >= 0.3 is 5.97 Å². The number of ether oxygens (including phenoxy) is 2. The van der Waals surface area contributed by atoms with Gasteiger partial charge in [-0.1, -0.05) is 39.1 Å². The van der Waals surface area contributed by atoms with Gasteiger partial charge in [-0.3, -0.25) is 9.59 Å². The summed E-state index contributed by atoms with van der Waals surface area (Å²) in [6.07, 6.45) is 0.765. The van der Waals surface area contributed by atoms with Gasteiger partial charge in [0.25, 0.3) is 0 Å². The molecule has 0 aromatic heterocycles. The van der Waals surface area contributed by atoms with Crippen molar-refractivity contribution in [2.24, 2.45) is 23.7 Å². The molecule has 2 aliphatic carbocycles. The molecule has 5 nitrogen and oxygen atoms in total. The van der Waals surface area contributed by atoms with Gasteiger partial charge in [0.05, 0.1) is 21.7 Å². The lowest BCUT2D eigenvalue weighted by Crippen LogP contribution is -2.40. The molecule has 8 heteroatoms. The standard InChI is InChI=1S/C21H16BrCl2NO4/c22-18-12-8-13-17(21(27)29-19(13)18)16(12)20(26)25-10-2-4-11(5-3-10)28-15-6-1-9(23)7-14(15)24/h1-7,12-13,16-19H,8H2,(H,25,26)/t12-,13-,16-,17-,18-,19+/m1/s1. The van der Waals surface area contributed by atoms with E-state index in [-0.39, 0.29) is 46.5 Å². The summed E-state index contributed by atoms with van der Waals surface area (Å²) in [5.41, 5.74) is 0.640. The number of halogens is 3. The highest BCUT2D eigenvalue weighted by atomic mass is 79.9. The molecule has 2 saturated carbocycles. The van der Waals surface area contributed by atoms with Crippen LogP contribution >= 0.6 is 39.1 Å². The van der Waals surface area contributed by atoms with Crippen molar-refractivity contribution < 1.29 is 19.1 Å². The molecule has 3 aliphatic rings. The number of amides is 1. The molecule has 0 unspecified atom stereocenters. The van der Waals surface area contributed by atoms with Gasteiger partial charge in [0.2, 0.25) is 5.91 Å². The number of anilines is 1. The fourth-order valence-corrected chi connectivity index (χ4v) is 6.34. The Morgan fingerprint density at radius 3 is 2.62 bits per heavy atom. The monoisotopic (exact) mass is 495 g/mol. The van der Waals surface area contributed by atoms with E-state index in [0.717, 1.165) is 6.42 Å². The third kappa shape index (κ3) is 3.22. The quantitative estimate of drug-likeness (QED) is 0.461. The minimum Gasteiger partial charge on any atom is -0.461 e. The molecular weight excluding hydrogens is 481 g/mol. The number of rotatable bonds is 4. The van der Waals surface area contributed by atoms with Crippen LogP contribution in [0.1, 0.15) is 6.42 Å². The van der Waals surface area contributed by atoms with Crippen molar-refractivity contribution in [1.82, 2.24) is 0 Å². The van der Waals surface area contributed by atoms with Crippen LogP contribution in [0.5, 0.6) is 11.5 Å². The third-order valence-electron chi connectivity index (χ3n) is 6.07. The first kappa shape index (κ1) is 19.2. The van der Waals surface area contributed by atoms with Crippen molar-refractivity contribution in [3.05, 3.63) is 52.5 Å². The fraction of sp³-hybridized carbons (Fsp3) is 0.333. The van der Waals surface area contributed by atoms with E-state index >= 15 is 0 Å². The average Bonchev–Trinajstić information content (AvgIpc) is 3.30. The van der Waals surface area contributed by atoms with Crippen molar-refractivity contribution in [3.8, 4) is 11.5 Å². The van der Waals surface area contributed by atoms with Crippen molar-refractivity contribution in [2.75, 3.05) is 5.32 Å². The predicted molar refractivity (Wildman–Crippen MR) is 113 cm³/mol. The van der Waals surface area contributed by atoms with Gasteiger partial charge < -0.3 is 14.8 Å². The molecule has 2 aromatic carbocycles. The minimum atomic E-state index is -0.362. The summed E-state index contributed by atoms with van der Waals surface area (Å²) >= 11 is 15.7. The summed E-state index contributed by atoms with van der Waals surface area (Å²) in [5.74, 6) is 0.269. The van der Waals surface area contributed by atoms with Crippen LogP contribution < -0.4 is 10.1 Å². The summed E-state index contributed by atoms with van der Waals surface area (Å²) in [4.78, 5) is 25.2. The minimum absolute atomic E-state index is 0.0471. The van der Waals surface area contributed by atoms with Crippen LogP contribution in [-0.2, 0) is 14.3 Å². The molecule has 3 fully saturated rings. The number of alkyl halides is 1. The summed E-state index contributed by atoms with van der Waals surface area (Å²) in [6, 6.07) is 12.0. The van der Waals surface area contributed by atoms with E-state index in [9.17, 15) is 9.59 Å². The van der Waals surface area contributed by atoms with Crippen molar-refractivity contribution >= 4 is 56.7 Å². The zero-order valence-corrected chi connectivity index (χ0v) is 18.1. The second-order valence-electron chi connectivity index (χ2n) is 7.65. The number of carbonyl (C=O) groups is 2. The van der Waals surface area contributed by atoms with Crippen LogP contribution in [0, 0.1) is 23.7 Å². The largest absolute Gasteiger partial charge is 0.461 e. The molecule has 1 amide bonds. The first-order valence-corrected chi connectivity index (χ1v) is 11.0. The first-order valence-electron chi connectivity index (χ1n) is 9.31. The number of carbonyl (C=O) groups excluding carboxylic acids is 2. The molecule has 5 rings (SSSR count). The number of fused-ring (bicyclic) bond motifs is 1. The van der Waals surface area contributed by atoms with E-state index in [1.54, 1.807) is 42.5 Å². The number of benzene rings is 2. The third-order valence-corrected chi connectivity index (χ3v) is 7.80. The Kier molecular flexibility index (Phi) is 4.76. The lowest BCUT2D eigenvalue weighted by molar-refractivity contribution is -0.145. The molecular formula is C21H16BrCl2NO4. The van der Waals surface area contributed by atoms with Gasteiger partial charge in [0, 0.05) is 16.6 Å². The van der Waals surface area contributed by atoms with Crippen LogP contribution in [0.25, 0.3) is 0 Å². The van der Waals surface area contributed by atoms with Gasteiger partial charge in [-0.2, -0.15) is 0 Å². The van der Waals surface area contributed by atoms with Gasteiger partial charge in [-0.25, -0.2) is 0 Å². The zero-order valence-electron chi connectivity index (χ0n) is 15.0. The fourth-order valence-electron chi connectivity index (χ4n) is 4.85. The summed E-state index contributed by atoms with van der Waals surface area (Å²) in [7, 11) is 0. The predicted octanol–water partition coefficient (Wildman–Crippen LogP) is 5.30. The van der Waals surface area contributed by atoms with Crippen LogP contribution in [0.4, 0.5) is 5.69 Å². The first-order chi connectivity index (χ1) is 13.9. The number of esters is 1. The van der Waals surface area contributed by atoms with Crippen LogP contribution in [-0.4, -0.2) is 22.8 Å². The zero-order chi connectivity index (χ0) is 20.3. The van der Waals surface area contributed by atoms with Crippen LogP contribution in [0.15, 0.2) is 42.5 Å². The van der Waals surface area contributed by atoms with Crippen molar-refractivity contribution in [1.29, 1.82) is 0 Å². The average molecular weight is 497 g/mol. The maximum atomic E-state index is 12.9. The van der Waals surface area contributed by atoms with Gasteiger partial charge in [-0.05, 0) is 54.8 Å². The molecule has 2 bridgehead atoms. The molecule has 150 valence electrons. The summed E-state index contributed by atoms with van der Waals surface area (Å²) in [5, 5.41) is 3.88. The molecule has 0 radical (unpaired) electrons. The molecule has 1 saturated heterocycles. The molecule has 0 spiro atoms. The molecule has 2 aromatic rings. The summed E-state index contributed by atoms with van der Waals surface area (Å²) < 4.78 is 11.2. The second kappa shape index (κ2) is 7.18. The maximum Gasteiger partial charge on any atom is 0.310 e. The highest BCUT2D eigenvalue weighted by Crippen LogP contribution is 2.60. The van der Waals surface area contributed by atoms with E-state index < -0.39 is 0 Å². The Morgan fingerprint density at radius 1 is 1.14 bits per heavy atom. The smallest absolute Gasteiger partial charge is 0.310 e. The molecule has 1 aliphatic heterocycles. The Morgan fingerprint density at radius 2 is 1.90 bits per heavy atom. The normalized spacial score (nSPS) is 31.6. The number of hydrogen-bond acceptors (Lipinski definition) is 4. The second-order valence-corrected chi connectivity index (χ2v) is 9.55. The van der Waals surface area contributed by atoms with Crippen LogP contribution in [0.2, 0.25) is 10.0 Å². The van der Waals surface area contributed by atoms with E-state index in [0.29, 0.717) is 27.2 Å². The van der Waals surface area contributed by atoms with Gasteiger partial charge in [0.15, 0.2) is 0 Å². The van der Waals surface area contributed by atoms with Crippen molar-refractivity contribution in [2.45, 2.75) is 17.4 Å². The lowest BCUT2D eigenvalue weighted by Gasteiger charge is -2.27. The lowest BCUT2D eigenvalue weighted by atomic mass is 9.79. The number of nitrogens with one attached hydrogen (secondary N) is 1. The van der Waals surface area contributed by atoms with E-state index in [1.807, 2.05) is 0 Å². The highest BCUT2D eigenvalue weighted by Gasteiger charge is 2.67. The van der Waals surface area contributed by atoms with Gasteiger partial charge in [0.1, 0.15) is 17.6 Å². The Balaban J connectivity index is 1.28. The molecule has 1 N–H and O–H groups in total. The SMILES string of the molecule is O=C(Nc1ccc(Oc2ccc(Cl)cc2Cl)cc1)[C@@H]1[C@H]2C[C@H]3[C@H](OC(=O)[C@H]31)[C@@H]2Br. The molecule has 1 heterocycles. The summed E-state index contributed by atoms with van der Waals surface area (Å²) in [6.45, 7) is 0. The maximum absolute atomic E-state index is 12.9. The topological polar surface area (TPSA) is 64.6 Å². The molecule has 6 atom stereocenters.